The molecule has 0 spiro atoms. The zero-order valence-corrected chi connectivity index (χ0v) is 10.6. The SMILES string of the molecule is CCCNN1CCNCCN(CC(=O)O)CC1. The van der Waals surface area contributed by atoms with Crippen LogP contribution in [0.5, 0.6) is 0 Å². The summed E-state index contributed by atoms with van der Waals surface area (Å²) < 4.78 is 0. The summed E-state index contributed by atoms with van der Waals surface area (Å²) in [5, 5.41) is 14.3. The maximum absolute atomic E-state index is 10.7. The van der Waals surface area contributed by atoms with E-state index in [0.717, 1.165) is 52.2 Å². The van der Waals surface area contributed by atoms with E-state index in [1.54, 1.807) is 0 Å². The predicted molar refractivity (Wildman–Crippen MR) is 66.8 cm³/mol. The molecule has 0 aromatic heterocycles. The Morgan fingerprint density at radius 1 is 1.29 bits per heavy atom. The van der Waals surface area contributed by atoms with Crippen molar-refractivity contribution in [3.63, 3.8) is 0 Å². The number of nitrogens with one attached hydrogen (secondary N) is 2. The molecule has 6 nitrogen and oxygen atoms in total. The summed E-state index contributed by atoms with van der Waals surface area (Å²) in [6.07, 6.45) is 1.10. The minimum atomic E-state index is -0.752. The molecule has 0 radical (unpaired) electrons. The second-order valence-electron chi connectivity index (χ2n) is 4.32. The fourth-order valence-corrected chi connectivity index (χ4v) is 1.84. The van der Waals surface area contributed by atoms with Crippen molar-refractivity contribution in [2.45, 2.75) is 13.3 Å². The van der Waals surface area contributed by atoms with Gasteiger partial charge >= 0.3 is 5.97 Å². The van der Waals surface area contributed by atoms with Gasteiger partial charge in [0.2, 0.25) is 0 Å². The lowest BCUT2D eigenvalue weighted by Gasteiger charge is -2.25. The Morgan fingerprint density at radius 3 is 2.76 bits per heavy atom. The van der Waals surface area contributed by atoms with Crippen molar-refractivity contribution in [3.05, 3.63) is 0 Å². The van der Waals surface area contributed by atoms with Crippen LogP contribution in [-0.4, -0.2) is 73.3 Å². The van der Waals surface area contributed by atoms with Gasteiger partial charge in [-0.25, -0.2) is 5.01 Å². The molecule has 0 atom stereocenters. The van der Waals surface area contributed by atoms with Crippen LogP contribution in [0.15, 0.2) is 0 Å². The normalized spacial score (nSPS) is 20.5. The fraction of sp³-hybridized carbons (Fsp3) is 0.909. The quantitative estimate of drug-likeness (QED) is 0.588. The van der Waals surface area contributed by atoms with Crippen LogP contribution in [0.3, 0.4) is 0 Å². The van der Waals surface area contributed by atoms with Crippen molar-refractivity contribution >= 4 is 5.97 Å². The molecule has 0 aromatic carbocycles. The van der Waals surface area contributed by atoms with E-state index in [2.05, 4.69) is 22.7 Å². The third kappa shape index (κ3) is 6.58. The molecule has 1 aliphatic heterocycles. The highest BCUT2D eigenvalue weighted by Gasteiger charge is 2.13. The average molecular weight is 244 g/mol. The Labute approximate surface area is 103 Å². The average Bonchev–Trinajstić information content (AvgIpc) is 2.39. The summed E-state index contributed by atoms with van der Waals surface area (Å²) in [6.45, 7) is 8.46. The Kier molecular flexibility index (Phi) is 7.11. The number of aliphatic carboxylic acids is 1. The first kappa shape index (κ1) is 14.4. The second-order valence-corrected chi connectivity index (χ2v) is 4.32. The Bertz CT molecular complexity index is 226. The molecule has 0 bridgehead atoms. The molecule has 6 heteroatoms. The number of carbonyl (C=O) groups is 1. The Balaban J connectivity index is 2.37. The minimum Gasteiger partial charge on any atom is -0.480 e. The van der Waals surface area contributed by atoms with Gasteiger partial charge in [0.15, 0.2) is 0 Å². The highest BCUT2D eigenvalue weighted by Crippen LogP contribution is 1.93. The van der Waals surface area contributed by atoms with Crippen LogP contribution in [0.1, 0.15) is 13.3 Å². The Morgan fingerprint density at radius 2 is 2.06 bits per heavy atom. The van der Waals surface area contributed by atoms with Gasteiger partial charge in [-0.1, -0.05) is 6.92 Å². The van der Waals surface area contributed by atoms with Crippen molar-refractivity contribution in [1.29, 1.82) is 0 Å². The molecule has 1 saturated heterocycles. The third-order valence-electron chi connectivity index (χ3n) is 2.79. The van der Waals surface area contributed by atoms with Crippen LogP contribution in [-0.2, 0) is 4.79 Å². The monoisotopic (exact) mass is 244 g/mol. The van der Waals surface area contributed by atoms with Gasteiger partial charge in [0.25, 0.3) is 0 Å². The summed E-state index contributed by atoms with van der Waals surface area (Å²) >= 11 is 0. The maximum atomic E-state index is 10.7. The molecular formula is C11H24N4O2. The summed E-state index contributed by atoms with van der Waals surface area (Å²) in [5.74, 6) is -0.752. The van der Waals surface area contributed by atoms with Crippen LogP contribution >= 0.6 is 0 Å². The lowest BCUT2D eigenvalue weighted by molar-refractivity contribution is -0.138. The summed E-state index contributed by atoms with van der Waals surface area (Å²) in [6, 6.07) is 0. The zero-order chi connectivity index (χ0) is 12.5. The molecule has 0 aromatic rings. The van der Waals surface area contributed by atoms with Gasteiger partial charge in [0.1, 0.15) is 0 Å². The van der Waals surface area contributed by atoms with E-state index < -0.39 is 5.97 Å². The first-order valence-corrected chi connectivity index (χ1v) is 6.35. The first-order chi connectivity index (χ1) is 8.22. The van der Waals surface area contributed by atoms with Crippen molar-refractivity contribution in [2.75, 3.05) is 52.4 Å². The van der Waals surface area contributed by atoms with Crippen LogP contribution in [0.2, 0.25) is 0 Å². The van der Waals surface area contributed by atoms with Gasteiger partial charge in [-0.3, -0.25) is 15.1 Å². The number of carboxylic acid groups (broad SMARTS) is 1. The van der Waals surface area contributed by atoms with Gasteiger partial charge in [0.05, 0.1) is 6.54 Å². The molecule has 1 rings (SSSR count). The lowest BCUT2D eigenvalue weighted by atomic mass is 10.4. The molecular weight excluding hydrogens is 220 g/mol. The van der Waals surface area contributed by atoms with Gasteiger partial charge < -0.3 is 10.4 Å². The van der Waals surface area contributed by atoms with E-state index in [-0.39, 0.29) is 6.54 Å². The van der Waals surface area contributed by atoms with E-state index >= 15 is 0 Å². The van der Waals surface area contributed by atoms with Crippen LogP contribution < -0.4 is 10.7 Å². The number of nitrogens with zero attached hydrogens (tertiary/aromatic N) is 2. The fourth-order valence-electron chi connectivity index (χ4n) is 1.84. The van der Waals surface area contributed by atoms with E-state index in [1.807, 2.05) is 4.90 Å². The number of hydrogen-bond acceptors (Lipinski definition) is 5. The van der Waals surface area contributed by atoms with Crippen molar-refractivity contribution in [3.8, 4) is 0 Å². The van der Waals surface area contributed by atoms with Gasteiger partial charge in [-0.15, -0.1) is 0 Å². The maximum Gasteiger partial charge on any atom is 0.317 e. The molecule has 17 heavy (non-hydrogen) atoms. The molecule has 0 amide bonds. The number of carboxylic acids is 1. The zero-order valence-electron chi connectivity index (χ0n) is 10.6. The third-order valence-corrected chi connectivity index (χ3v) is 2.79. The van der Waals surface area contributed by atoms with Crippen molar-refractivity contribution in [1.82, 2.24) is 20.7 Å². The van der Waals surface area contributed by atoms with E-state index in [9.17, 15) is 4.79 Å². The van der Waals surface area contributed by atoms with E-state index in [0.29, 0.717) is 0 Å². The van der Waals surface area contributed by atoms with Gasteiger partial charge in [0, 0.05) is 45.8 Å². The first-order valence-electron chi connectivity index (χ1n) is 6.35. The Hall–Kier alpha value is -0.690. The molecule has 1 heterocycles. The predicted octanol–water partition coefficient (Wildman–Crippen LogP) is -0.807. The highest BCUT2D eigenvalue weighted by atomic mass is 16.4. The van der Waals surface area contributed by atoms with Crippen LogP contribution in [0, 0.1) is 0 Å². The molecule has 3 N–H and O–H groups in total. The summed E-state index contributed by atoms with van der Waals surface area (Å²) in [4.78, 5) is 12.7. The molecule has 0 unspecified atom stereocenters. The lowest BCUT2D eigenvalue weighted by Crippen LogP contribution is -2.45. The highest BCUT2D eigenvalue weighted by molar-refractivity contribution is 5.69. The van der Waals surface area contributed by atoms with Crippen molar-refractivity contribution < 1.29 is 9.90 Å². The molecule has 1 aliphatic rings. The topological polar surface area (TPSA) is 67.8 Å². The number of hydrazine groups is 1. The van der Waals surface area contributed by atoms with E-state index in [4.69, 9.17) is 5.11 Å². The van der Waals surface area contributed by atoms with E-state index in [1.165, 1.54) is 0 Å². The number of hydrogen-bond donors (Lipinski definition) is 3. The largest absolute Gasteiger partial charge is 0.480 e. The van der Waals surface area contributed by atoms with Gasteiger partial charge in [-0.05, 0) is 6.42 Å². The summed E-state index contributed by atoms with van der Waals surface area (Å²) in [5.41, 5.74) is 3.36. The van der Waals surface area contributed by atoms with Crippen molar-refractivity contribution in [2.24, 2.45) is 0 Å². The molecule has 0 aliphatic carbocycles. The second kappa shape index (κ2) is 8.41. The summed E-state index contributed by atoms with van der Waals surface area (Å²) in [7, 11) is 0. The standard InChI is InChI=1S/C11H24N4O2/c1-2-3-13-15-7-5-12-4-6-14(8-9-15)10-11(16)17/h12-13H,2-10H2,1H3,(H,16,17). The van der Waals surface area contributed by atoms with Crippen LogP contribution in [0.4, 0.5) is 0 Å². The minimum absolute atomic E-state index is 0.128. The van der Waals surface area contributed by atoms with Gasteiger partial charge in [-0.2, -0.15) is 0 Å². The molecule has 1 fully saturated rings. The molecule has 100 valence electrons. The number of rotatable bonds is 5. The smallest absolute Gasteiger partial charge is 0.317 e. The molecule has 0 saturated carbocycles. The van der Waals surface area contributed by atoms with Crippen LogP contribution in [0.25, 0.3) is 0 Å².